The topological polar surface area (TPSA) is 3.24 Å². The molecule has 0 saturated carbocycles. The Kier molecular flexibility index (Phi) is 4.72. The summed E-state index contributed by atoms with van der Waals surface area (Å²) in [5.41, 5.74) is 0. The Morgan fingerprint density at radius 3 is 2.12 bits per heavy atom. The lowest BCUT2D eigenvalue weighted by molar-refractivity contribution is 0.369. The van der Waals surface area contributed by atoms with E-state index in [2.05, 4.69) is 11.8 Å². The van der Waals surface area contributed by atoms with Crippen LogP contribution in [0.3, 0.4) is 0 Å². The highest BCUT2D eigenvalue weighted by Crippen LogP contribution is 2.01. The third-order valence-corrected chi connectivity index (χ3v) is 1.27. The van der Waals surface area contributed by atoms with Crippen molar-refractivity contribution in [2.75, 3.05) is 20.1 Å². The average molecular weight is 156 g/mol. The molecular formula is C5H11Cl2N. The van der Waals surface area contributed by atoms with Crippen molar-refractivity contribution in [2.45, 2.75) is 11.8 Å². The lowest BCUT2D eigenvalue weighted by atomic mass is 10.6. The first-order valence-electron chi connectivity index (χ1n) is 2.63. The van der Waals surface area contributed by atoms with Crippen LogP contribution in [0.15, 0.2) is 0 Å². The summed E-state index contributed by atoms with van der Waals surface area (Å²) in [4.78, 5) is 1.81. The van der Waals surface area contributed by atoms with Gasteiger partial charge in [0.2, 0.25) is 0 Å². The molecule has 0 fully saturated rings. The normalized spacial score (nSPS) is 11.2. The summed E-state index contributed by atoms with van der Waals surface area (Å²) in [7, 11) is 1.98. The lowest BCUT2D eigenvalue weighted by Gasteiger charge is -2.12. The molecule has 0 aliphatic rings. The van der Waals surface area contributed by atoms with E-state index in [1.54, 1.807) is 0 Å². The summed E-state index contributed by atoms with van der Waals surface area (Å²) in [6, 6.07) is 0. The second kappa shape index (κ2) is 4.42. The van der Waals surface area contributed by atoms with E-state index in [9.17, 15) is 0 Å². The molecule has 8 heavy (non-hydrogen) atoms. The summed E-state index contributed by atoms with van der Waals surface area (Å²) in [6.45, 7) is 3.81. The number of halogens is 2. The molecule has 0 amide bonds. The number of nitrogens with zero attached hydrogens (tertiary/aromatic N) is 1. The molecular weight excluding hydrogens is 145 g/mol. The Balaban J connectivity index is 3.10. The molecule has 0 radical (unpaired) electrons. The van der Waals surface area contributed by atoms with Crippen LogP contribution in [0.1, 0.15) is 6.92 Å². The molecule has 0 bridgehead atoms. The maximum atomic E-state index is 5.48. The molecule has 0 aromatic rings. The monoisotopic (exact) mass is 155 g/mol. The van der Waals surface area contributed by atoms with Gasteiger partial charge in [-0.2, -0.15) is 0 Å². The Bertz CT molecular complexity index is 56.4. The van der Waals surface area contributed by atoms with Gasteiger partial charge in [0.25, 0.3) is 0 Å². The van der Waals surface area contributed by atoms with Crippen molar-refractivity contribution in [1.82, 2.24) is 4.90 Å². The summed E-state index contributed by atoms with van der Waals surface area (Å²) in [6.07, 6.45) is 0. The predicted octanol–water partition coefficient (Wildman–Crippen LogP) is 1.74. The van der Waals surface area contributed by atoms with Crippen LogP contribution in [0.25, 0.3) is 0 Å². The Hall–Kier alpha value is 0.540. The van der Waals surface area contributed by atoms with Gasteiger partial charge in [-0.05, 0) is 13.6 Å². The minimum absolute atomic E-state index is 0.250. The zero-order chi connectivity index (χ0) is 6.57. The first-order chi connectivity index (χ1) is 3.66. The van der Waals surface area contributed by atoms with Crippen LogP contribution in [-0.2, 0) is 0 Å². The van der Waals surface area contributed by atoms with Crippen molar-refractivity contribution in [2.24, 2.45) is 0 Å². The molecule has 0 aliphatic carbocycles. The molecule has 0 atom stereocenters. The third-order valence-electron chi connectivity index (χ3n) is 0.990. The van der Waals surface area contributed by atoms with Gasteiger partial charge in [0.1, 0.15) is 4.84 Å². The summed E-state index contributed by atoms with van der Waals surface area (Å²) in [5.74, 6) is 0. The predicted molar refractivity (Wildman–Crippen MR) is 38.7 cm³/mol. The van der Waals surface area contributed by atoms with E-state index in [0.29, 0.717) is 0 Å². The number of hydrogen-bond donors (Lipinski definition) is 0. The second-order valence-corrected chi connectivity index (χ2v) is 3.02. The van der Waals surface area contributed by atoms with Crippen LogP contribution in [0.5, 0.6) is 0 Å². The molecule has 1 nitrogen and oxygen atoms in total. The molecule has 0 unspecified atom stereocenters. The minimum atomic E-state index is -0.250. The fourth-order valence-corrected chi connectivity index (χ4v) is 0.836. The van der Waals surface area contributed by atoms with E-state index in [-0.39, 0.29) is 4.84 Å². The van der Waals surface area contributed by atoms with E-state index in [0.717, 1.165) is 13.1 Å². The zero-order valence-electron chi connectivity index (χ0n) is 5.19. The van der Waals surface area contributed by atoms with Gasteiger partial charge in [-0.25, -0.2) is 0 Å². The largest absolute Gasteiger partial charge is 0.304 e. The van der Waals surface area contributed by atoms with Gasteiger partial charge < -0.3 is 4.90 Å². The van der Waals surface area contributed by atoms with Crippen LogP contribution in [0.2, 0.25) is 0 Å². The quantitative estimate of drug-likeness (QED) is 0.562. The minimum Gasteiger partial charge on any atom is -0.304 e. The van der Waals surface area contributed by atoms with E-state index >= 15 is 0 Å². The van der Waals surface area contributed by atoms with Crippen molar-refractivity contribution in [3.8, 4) is 0 Å². The van der Waals surface area contributed by atoms with Crippen LogP contribution in [-0.4, -0.2) is 29.9 Å². The van der Waals surface area contributed by atoms with Crippen LogP contribution in [0, 0.1) is 0 Å². The number of rotatable bonds is 3. The average Bonchev–Trinajstić information content (AvgIpc) is 1.65. The third kappa shape index (κ3) is 4.69. The van der Waals surface area contributed by atoms with Crippen molar-refractivity contribution < 1.29 is 0 Å². The molecule has 0 heterocycles. The SMILES string of the molecule is CCN(C)CC(Cl)Cl. The molecule has 0 rings (SSSR count). The fourth-order valence-electron chi connectivity index (χ4n) is 0.365. The molecule has 0 spiro atoms. The number of hydrogen-bond acceptors (Lipinski definition) is 1. The van der Waals surface area contributed by atoms with Gasteiger partial charge in [-0.1, -0.05) is 6.92 Å². The van der Waals surface area contributed by atoms with Crippen LogP contribution in [0.4, 0.5) is 0 Å². The molecule has 0 aliphatic heterocycles. The Morgan fingerprint density at radius 2 is 2.00 bits per heavy atom. The molecule has 0 aromatic carbocycles. The molecule has 0 saturated heterocycles. The Morgan fingerprint density at radius 1 is 1.50 bits per heavy atom. The highest BCUT2D eigenvalue weighted by Gasteiger charge is 2.00. The molecule has 50 valence electrons. The van der Waals surface area contributed by atoms with E-state index in [1.165, 1.54) is 0 Å². The van der Waals surface area contributed by atoms with E-state index in [4.69, 9.17) is 23.2 Å². The lowest BCUT2D eigenvalue weighted by Crippen LogP contribution is -2.22. The fraction of sp³-hybridized carbons (Fsp3) is 1.00. The number of alkyl halides is 2. The molecule has 0 N–H and O–H groups in total. The van der Waals surface area contributed by atoms with Gasteiger partial charge in [-0.15, -0.1) is 23.2 Å². The second-order valence-electron chi connectivity index (χ2n) is 1.75. The first-order valence-corrected chi connectivity index (χ1v) is 3.50. The van der Waals surface area contributed by atoms with Gasteiger partial charge >= 0.3 is 0 Å². The van der Waals surface area contributed by atoms with Gasteiger partial charge in [0.15, 0.2) is 0 Å². The molecule has 0 aromatic heterocycles. The van der Waals surface area contributed by atoms with Crippen molar-refractivity contribution in [3.63, 3.8) is 0 Å². The van der Waals surface area contributed by atoms with E-state index < -0.39 is 0 Å². The van der Waals surface area contributed by atoms with Gasteiger partial charge in [0.05, 0.1) is 0 Å². The van der Waals surface area contributed by atoms with E-state index in [1.807, 2.05) is 7.05 Å². The molecule has 3 heteroatoms. The highest BCUT2D eigenvalue weighted by molar-refractivity contribution is 6.44. The van der Waals surface area contributed by atoms with Crippen molar-refractivity contribution in [3.05, 3.63) is 0 Å². The standard InChI is InChI=1S/C5H11Cl2N/c1-3-8(2)4-5(6)7/h5H,3-4H2,1-2H3. The van der Waals surface area contributed by atoms with Crippen molar-refractivity contribution >= 4 is 23.2 Å². The van der Waals surface area contributed by atoms with Gasteiger partial charge in [-0.3, -0.25) is 0 Å². The van der Waals surface area contributed by atoms with Crippen molar-refractivity contribution in [1.29, 1.82) is 0 Å². The Labute approximate surface area is 60.6 Å². The summed E-state index contributed by atoms with van der Waals surface area (Å²) < 4.78 is 0. The summed E-state index contributed by atoms with van der Waals surface area (Å²) >= 11 is 11.0. The zero-order valence-corrected chi connectivity index (χ0v) is 6.71. The smallest absolute Gasteiger partial charge is 0.120 e. The summed E-state index contributed by atoms with van der Waals surface area (Å²) in [5, 5.41) is 0. The van der Waals surface area contributed by atoms with Crippen LogP contribution < -0.4 is 0 Å². The highest BCUT2D eigenvalue weighted by atomic mass is 35.5. The first kappa shape index (κ1) is 8.54. The maximum absolute atomic E-state index is 5.48. The van der Waals surface area contributed by atoms with Crippen LogP contribution >= 0.6 is 23.2 Å². The maximum Gasteiger partial charge on any atom is 0.120 e. The van der Waals surface area contributed by atoms with Gasteiger partial charge in [0, 0.05) is 6.54 Å².